The Kier molecular flexibility index (Phi) is 5.84. The van der Waals surface area contributed by atoms with Gasteiger partial charge in [0.05, 0.1) is 10.6 Å². The number of ether oxygens (including phenoxy) is 1. The second-order valence-electron chi connectivity index (χ2n) is 8.64. The normalized spacial score (nSPS) is 19.0. The zero-order valence-corrected chi connectivity index (χ0v) is 19.2. The maximum atomic E-state index is 13.3. The predicted molar refractivity (Wildman–Crippen MR) is 124 cm³/mol. The molecule has 0 atom stereocenters. The van der Waals surface area contributed by atoms with Gasteiger partial charge in [0.25, 0.3) is 5.91 Å². The van der Waals surface area contributed by atoms with Crippen molar-refractivity contribution >= 4 is 33.2 Å². The summed E-state index contributed by atoms with van der Waals surface area (Å²) in [5, 5.41) is 0. The molecule has 2 aromatic rings. The van der Waals surface area contributed by atoms with Gasteiger partial charge in [-0.2, -0.15) is 4.31 Å². The molecule has 5 rings (SSSR count). The lowest BCUT2D eigenvalue weighted by atomic mass is 10.2. The fourth-order valence-corrected chi connectivity index (χ4v) is 6.30. The van der Waals surface area contributed by atoms with Crippen molar-refractivity contribution in [1.29, 1.82) is 0 Å². The third-order valence-electron chi connectivity index (χ3n) is 6.56. The smallest absolute Gasteiger partial charge is 0.265 e. The summed E-state index contributed by atoms with van der Waals surface area (Å²) < 4.78 is 33.6. The summed E-state index contributed by atoms with van der Waals surface area (Å²) in [6, 6.07) is 12.3. The van der Waals surface area contributed by atoms with E-state index in [0.29, 0.717) is 31.1 Å². The molecule has 3 heterocycles. The monoisotopic (exact) mass is 469 g/mol. The van der Waals surface area contributed by atoms with Crippen LogP contribution < -0.4 is 14.5 Å². The van der Waals surface area contributed by atoms with Crippen LogP contribution in [0.15, 0.2) is 47.4 Å². The number of anilines is 2. The Balaban J connectivity index is 1.43. The number of amides is 2. The number of rotatable bonds is 4. The van der Waals surface area contributed by atoms with Gasteiger partial charge in [0.1, 0.15) is 12.3 Å². The van der Waals surface area contributed by atoms with Gasteiger partial charge in [0.2, 0.25) is 15.9 Å². The molecule has 0 aliphatic carbocycles. The molecule has 0 unspecified atom stereocenters. The predicted octanol–water partition coefficient (Wildman–Crippen LogP) is 2.57. The molecule has 9 heteroatoms. The highest BCUT2D eigenvalue weighted by molar-refractivity contribution is 7.89. The Hall–Kier alpha value is -2.91. The summed E-state index contributed by atoms with van der Waals surface area (Å²) in [6.07, 6.45) is 4.49. The Labute approximate surface area is 193 Å². The molecule has 0 saturated carbocycles. The highest BCUT2D eigenvalue weighted by Crippen LogP contribution is 2.36. The largest absolute Gasteiger partial charge is 0.482 e. The van der Waals surface area contributed by atoms with Gasteiger partial charge < -0.3 is 9.64 Å². The van der Waals surface area contributed by atoms with Crippen LogP contribution in [0, 0.1) is 0 Å². The van der Waals surface area contributed by atoms with Crippen molar-refractivity contribution < 1.29 is 22.7 Å². The van der Waals surface area contributed by atoms with Crippen LogP contribution in [0.5, 0.6) is 5.75 Å². The molecule has 3 aliphatic rings. The van der Waals surface area contributed by atoms with Crippen LogP contribution in [0.1, 0.15) is 31.2 Å². The fourth-order valence-electron chi connectivity index (χ4n) is 4.76. The Morgan fingerprint density at radius 2 is 1.70 bits per heavy atom. The third kappa shape index (κ3) is 4.11. The zero-order valence-electron chi connectivity index (χ0n) is 18.4. The third-order valence-corrected chi connectivity index (χ3v) is 8.45. The number of carbonyl (C=O) groups excluding carboxylic acids is 2. The van der Waals surface area contributed by atoms with E-state index in [4.69, 9.17) is 4.74 Å². The molecule has 2 amide bonds. The van der Waals surface area contributed by atoms with Crippen LogP contribution in [0.4, 0.5) is 11.4 Å². The number of fused-ring (bicyclic) bond motifs is 2. The molecular formula is C24H27N3O5S. The molecule has 0 N–H and O–H groups in total. The SMILES string of the molecule is O=C(CN1C(=O)COc2ccc(S(=O)(=O)N3CCCCCC3)cc21)N1CCc2ccccc21. The quantitative estimate of drug-likeness (QED) is 0.687. The van der Waals surface area contributed by atoms with Crippen molar-refractivity contribution in [2.45, 2.75) is 37.0 Å². The minimum Gasteiger partial charge on any atom is -0.482 e. The molecule has 1 fully saturated rings. The molecule has 0 radical (unpaired) electrons. The first kappa shape index (κ1) is 21.9. The van der Waals surface area contributed by atoms with E-state index in [-0.39, 0.29) is 29.9 Å². The number of sulfonamides is 1. The first-order chi connectivity index (χ1) is 15.9. The van der Waals surface area contributed by atoms with E-state index < -0.39 is 10.0 Å². The van der Waals surface area contributed by atoms with Gasteiger partial charge in [-0.3, -0.25) is 14.5 Å². The summed E-state index contributed by atoms with van der Waals surface area (Å²) in [5.41, 5.74) is 2.29. The highest BCUT2D eigenvalue weighted by atomic mass is 32.2. The van der Waals surface area contributed by atoms with Gasteiger partial charge in [-0.15, -0.1) is 0 Å². The summed E-state index contributed by atoms with van der Waals surface area (Å²) in [6.45, 7) is 1.19. The highest BCUT2D eigenvalue weighted by Gasteiger charge is 2.33. The van der Waals surface area contributed by atoms with E-state index in [1.54, 1.807) is 11.0 Å². The van der Waals surface area contributed by atoms with Gasteiger partial charge >= 0.3 is 0 Å². The van der Waals surface area contributed by atoms with Gasteiger partial charge in [0, 0.05) is 25.3 Å². The first-order valence-corrected chi connectivity index (χ1v) is 12.8. The Morgan fingerprint density at radius 1 is 0.939 bits per heavy atom. The van der Waals surface area contributed by atoms with Crippen molar-refractivity contribution in [3.05, 3.63) is 48.0 Å². The van der Waals surface area contributed by atoms with Crippen molar-refractivity contribution in [2.24, 2.45) is 0 Å². The van der Waals surface area contributed by atoms with Crippen molar-refractivity contribution in [3.63, 3.8) is 0 Å². The maximum Gasteiger partial charge on any atom is 0.265 e. The number of hydrogen-bond donors (Lipinski definition) is 0. The molecule has 0 bridgehead atoms. The van der Waals surface area contributed by atoms with Gasteiger partial charge in [-0.05, 0) is 49.1 Å². The Bertz CT molecular complexity index is 1190. The van der Waals surface area contributed by atoms with Crippen molar-refractivity contribution in [1.82, 2.24) is 4.31 Å². The van der Waals surface area contributed by atoms with E-state index in [0.717, 1.165) is 43.4 Å². The maximum absolute atomic E-state index is 13.3. The topological polar surface area (TPSA) is 87.2 Å². The average Bonchev–Trinajstić information content (AvgIpc) is 3.05. The van der Waals surface area contributed by atoms with E-state index in [1.807, 2.05) is 24.3 Å². The molecule has 8 nitrogen and oxygen atoms in total. The lowest BCUT2D eigenvalue weighted by Gasteiger charge is -2.31. The van der Waals surface area contributed by atoms with E-state index in [1.165, 1.54) is 21.3 Å². The molecule has 0 aromatic heterocycles. The fraction of sp³-hybridized carbons (Fsp3) is 0.417. The second-order valence-corrected chi connectivity index (χ2v) is 10.6. The number of carbonyl (C=O) groups is 2. The number of para-hydroxylation sites is 1. The number of benzene rings is 2. The summed E-state index contributed by atoms with van der Waals surface area (Å²) in [5.74, 6) is -0.173. The van der Waals surface area contributed by atoms with Crippen LogP contribution in [0.2, 0.25) is 0 Å². The van der Waals surface area contributed by atoms with Crippen LogP contribution in [0.3, 0.4) is 0 Å². The number of nitrogens with zero attached hydrogens (tertiary/aromatic N) is 3. The summed E-state index contributed by atoms with van der Waals surface area (Å²) >= 11 is 0. The Morgan fingerprint density at radius 3 is 2.48 bits per heavy atom. The lowest BCUT2D eigenvalue weighted by Crippen LogP contribution is -2.46. The zero-order chi connectivity index (χ0) is 23.0. The van der Waals surface area contributed by atoms with Crippen molar-refractivity contribution in [3.8, 4) is 5.75 Å². The van der Waals surface area contributed by atoms with E-state index in [9.17, 15) is 18.0 Å². The summed E-state index contributed by atoms with van der Waals surface area (Å²) in [4.78, 5) is 29.1. The minimum atomic E-state index is -3.70. The number of hydrogen-bond acceptors (Lipinski definition) is 5. The van der Waals surface area contributed by atoms with E-state index in [2.05, 4.69) is 0 Å². The molecule has 1 saturated heterocycles. The average molecular weight is 470 g/mol. The molecule has 174 valence electrons. The standard InChI is InChI=1S/C24H27N3O5S/c28-23(26-14-11-18-7-3-4-8-20(18)26)16-27-21-15-19(9-10-22(21)32-17-24(27)29)33(30,31)25-12-5-1-2-6-13-25/h3-4,7-10,15H,1-2,5-6,11-14,16-17H2. The first-order valence-electron chi connectivity index (χ1n) is 11.4. The molecule has 33 heavy (non-hydrogen) atoms. The van der Waals surface area contributed by atoms with Crippen LogP contribution in [0.25, 0.3) is 0 Å². The lowest BCUT2D eigenvalue weighted by molar-refractivity contribution is -0.124. The van der Waals surface area contributed by atoms with Gasteiger partial charge in [-0.25, -0.2) is 8.42 Å². The second kappa shape index (κ2) is 8.79. The molecular weight excluding hydrogens is 442 g/mol. The molecule has 0 spiro atoms. The van der Waals surface area contributed by atoms with Gasteiger partial charge in [0.15, 0.2) is 6.61 Å². The minimum absolute atomic E-state index is 0.116. The summed E-state index contributed by atoms with van der Waals surface area (Å²) in [7, 11) is -3.70. The van der Waals surface area contributed by atoms with Crippen LogP contribution in [-0.2, 0) is 26.0 Å². The van der Waals surface area contributed by atoms with Crippen LogP contribution in [-0.4, -0.2) is 57.3 Å². The van der Waals surface area contributed by atoms with Crippen LogP contribution >= 0.6 is 0 Å². The molecule has 2 aromatic carbocycles. The van der Waals surface area contributed by atoms with Crippen molar-refractivity contribution in [2.75, 3.05) is 42.6 Å². The van der Waals surface area contributed by atoms with E-state index >= 15 is 0 Å². The molecule has 3 aliphatic heterocycles. The van der Waals surface area contributed by atoms with Gasteiger partial charge in [-0.1, -0.05) is 31.0 Å².